The standard InChI is InChI=1S/C20H20ClN3O3/c21-18-7-2-1-4-17(18)13-22-19(26)15-5-3-6-16(12-15)20(27)24-10-8-23(14-25)9-11-24/h1-7,12,14H,8-11,13H2,(H,22,26). The highest BCUT2D eigenvalue weighted by Gasteiger charge is 2.22. The van der Waals surface area contributed by atoms with E-state index in [9.17, 15) is 14.4 Å². The molecule has 2 aromatic rings. The number of hydrogen-bond acceptors (Lipinski definition) is 3. The zero-order valence-corrected chi connectivity index (χ0v) is 15.5. The molecule has 1 saturated heterocycles. The SMILES string of the molecule is O=CN1CCN(C(=O)c2cccc(C(=O)NCc3ccccc3Cl)c2)CC1. The summed E-state index contributed by atoms with van der Waals surface area (Å²) in [7, 11) is 0. The number of rotatable bonds is 5. The first-order valence-corrected chi connectivity index (χ1v) is 9.06. The molecule has 0 bridgehead atoms. The number of benzene rings is 2. The maximum atomic E-state index is 12.7. The van der Waals surface area contributed by atoms with Crippen molar-refractivity contribution >= 4 is 29.8 Å². The lowest BCUT2D eigenvalue weighted by molar-refractivity contribution is -0.119. The second-order valence-corrected chi connectivity index (χ2v) is 6.70. The van der Waals surface area contributed by atoms with Crippen LogP contribution < -0.4 is 5.32 Å². The second kappa shape index (κ2) is 8.68. The molecule has 7 heteroatoms. The molecule has 0 spiro atoms. The summed E-state index contributed by atoms with van der Waals surface area (Å²) in [4.78, 5) is 39.2. The number of halogens is 1. The number of hydrogen-bond donors (Lipinski definition) is 1. The molecule has 0 saturated carbocycles. The molecular weight excluding hydrogens is 366 g/mol. The van der Waals surface area contributed by atoms with E-state index >= 15 is 0 Å². The van der Waals surface area contributed by atoms with Crippen LogP contribution in [0.2, 0.25) is 5.02 Å². The molecule has 1 aliphatic heterocycles. The Morgan fingerprint density at radius 2 is 1.70 bits per heavy atom. The van der Waals surface area contributed by atoms with Crippen LogP contribution in [-0.2, 0) is 11.3 Å². The van der Waals surface area contributed by atoms with E-state index in [1.165, 1.54) is 0 Å². The fourth-order valence-corrected chi connectivity index (χ4v) is 3.13. The molecule has 140 valence electrons. The normalized spacial score (nSPS) is 14.0. The zero-order chi connectivity index (χ0) is 19.2. The van der Waals surface area contributed by atoms with E-state index in [4.69, 9.17) is 11.6 Å². The molecule has 0 aromatic heterocycles. The van der Waals surface area contributed by atoms with Gasteiger partial charge in [-0.25, -0.2) is 0 Å². The Morgan fingerprint density at radius 1 is 1.00 bits per heavy atom. The van der Waals surface area contributed by atoms with Crippen LogP contribution in [0.4, 0.5) is 0 Å². The Labute approximate surface area is 162 Å². The first-order valence-electron chi connectivity index (χ1n) is 8.69. The van der Waals surface area contributed by atoms with Gasteiger partial charge in [0.25, 0.3) is 11.8 Å². The molecule has 0 radical (unpaired) electrons. The highest BCUT2D eigenvalue weighted by molar-refractivity contribution is 6.31. The molecule has 1 fully saturated rings. The van der Waals surface area contributed by atoms with Crippen molar-refractivity contribution in [1.82, 2.24) is 15.1 Å². The molecule has 1 aliphatic rings. The van der Waals surface area contributed by atoms with E-state index in [-0.39, 0.29) is 11.8 Å². The quantitative estimate of drug-likeness (QED) is 0.802. The summed E-state index contributed by atoms with van der Waals surface area (Å²) in [5.74, 6) is -0.406. The topological polar surface area (TPSA) is 69.7 Å². The maximum Gasteiger partial charge on any atom is 0.253 e. The molecule has 1 heterocycles. The van der Waals surface area contributed by atoms with Crippen molar-refractivity contribution in [2.45, 2.75) is 6.54 Å². The molecule has 0 aliphatic carbocycles. The van der Waals surface area contributed by atoms with Crippen molar-refractivity contribution < 1.29 is 14.4 Å². The molecule has 2 aromatic carbocycles. The van der Waals surface area contributed by atoms with Crippen molar-refractivity contribution in [3.63, 3.8) is 0 Å². The highest BCUT2D eigenvalue weighted by atomic mass is 35.5. The largest absolute Gasteiger partial charge is 0.348 e. The summed E-state index contributed by atoms with van der Waals surface area (Å²) in [5, 5.41) is 3.42. The summed E-state index contributed by atoms with van der Waals surface area (Å²) in [6.45, 7) is 2.33. The predicted octanol–water partition coefficient (Wildman–Crippen LogP) is 2.18. The molecule has 6 nitrogen and oxygen atoms in total. The number of amides is 3. The van der Waals surface area contributed by atoms with Crippen LogP contribution in [0.15, 0.2) is 48.5 Å². The van der Waals surface area contributed by atoms with Gasteiger partial charge in [-0.05, 0) is 29.8 Å². The summed E-state index contributed by atoms with van der Waals surface area (Å²) in [6, 6.07) is 14.0. The minimum atomic E-state index is -0.268. The molecule has 27 heavy (non-hydrogen) atoms. The Balaban J connectivity index is 1.64. The first kappa shape index (κ1) is 18.9. The predicted molar refractivity (Wildman–Crippen MR) is 103 cm³/mol. The lowest BCUT2D eigenvalue weighted by Crippen LogP contribution is -2.48. The molecule has 0 atom stereocenters. The van der Waals surface area contributed by atoms with Gasteiger partial charge in [0.05, 0.1) is 0 Å². The minimum absolute atomic E-state index is 0.138. The van der Waals surface area contributed by atoms with Crippen molar-refractivity contribution in [3.05, 3.63) is 70.2 Å². The summed E-state index contributed by atoms with van der Waals surface area (Å²) < 4.78 is 0. The summed E-state index contributed by atoms with van der Waals surface area (Å²) >= 11 is 6.10. The highest BCUT2D eigenvalue weighted by Crippen LogP contribution is 2.15. The van der Waals surface area contributed by atoms with E-state index in [2.05, 4.69) is 5.32 Å². The summed E-state index contributed by atoms with van der Waals surface area (Å²) in [6.07, 6.45) is 0.797. The molecule has 3 amide bonds. The second-order valence-electron chi connectivity index (χ2n) is 6.29. The smallest absolute Gasteiger partial charge is 0.253 e. The molecule has 3 rings (SSSR count). The third-order valence-electron chi connectivity index (χ3n) is 4.52. The van der Waals surface area contributed by atoms with E-state index in [0.29, 0.717) is 48.9 Å². The Hall–Kier alpha value is -2.86. The van der Waals surface area contributed by atoms with Gasteiger partial charge in [0.2, 0.25) is 6.41 Å². The van der Waals surface area contributed by atoms with Crippen LogP contribution in [-0.4, -0.2) is 54.2 Å². The first-order chi connectivity index (χ1) is 13.1. The van der Waals surface area contributed by atoms with Crippen LogP contribution in [0.1, 0.15) is 26.3 Å². The number of nitrogens with zero attached hydrogens (tertiary/aromatic N) is 2. The van der Waals surface area contributed by atoms with Crippen LogP contribution in [0.5, 0.6) is 0 Å². The number of carbonyl (C=O) groups excluding carboxylic acids is 3. The molecule has 0 unspecified atom stereocenters. The fourth-order valence-electron chi connectivity index (χ4n) is 2.93. The van der Waals surface area contributed by atoms with Gasteiger partial charge in [-0.2, -0.15) is 0 Å². The van der Waals surface area contributed by atoms with Gasteiger partial charge in [-0.3, -0.25) is 14.4 Å². The van der Waals surface area contributed by atoms with Crippen molar-refractivity contribution in [1.29, 1.82) is 0 Å². The van der Waals surface area contributed by atoms with Crippen LogP contribution in [0.25, 0.3) is 0 Å². The van der Waals surface area contributed by atoms with Gasteiger partial charge in [0.15, 0.2) is 0 Å². The maximum absolute atomic E-state index is 12.7. The van der Waals surface area contributed by atoms with Gasteiger partial charge in [0.1, 0.15) is 0 Å². The molecule has 1 N–H and O–H groups in total. The minimum Gasteiger partial charge on any atom is -0.348 e. The average Bonchev–Trinajstić information content (AvgIpc) is 2.72. The van der Waals surface area contributed by atoms with Crippen molar-refractivity contribution in [2.75, 3.05) is 26.2 Å². The Kier molecular flexibility index (Phi) is 6.08. The van der Waals surface area contributed by atoms with E-state index < -0.39 is 0 Å². The lowest BCUT2D eigenvalue weighted by Gasteiger charge is -2.32. The van der Waals surface area contributed by atoms with Gasteiger partial charge >= 0.3 is 0 Å². The summed E-state index contributed by atoms with van der Waals surface area (Å²) in [5.41, 5.74) is 1.70. The molecular formula is C20H20ClN3O3. The number of nitrogens with one attached hydrogen (secondary N) is 1. The average molecular weight is 386 g/mol. The van der Waals surface area contributed by atoms with Crippen molar-refractivity contribution in [2.24, 2.45) is 0 Å². The van der Waals surface area contributed by atoms with Gasteiger partial charge in [0, 0.05) is 48.9 Å². The third-order valence-corrected chi connectivity index (χ3v) is 4.89. The lowest BCUT2D eigenvalue weighted by atomic mass is 10.1. The fraction of sp³-hybridized carbons (Fsp3) is 0.250. The van der Waals surface area contributed by atoms with Crippen LogP contribution in [0, 0.1) is 0 Å². The van der Waals surface area contributed by atoms with E-state index in [1.807, 2.05) is 18.2 Å². The van der Waals surface area contributed by atoms with Gasteiger partial charge in [-0.15, -0.1) is 0 Å². The van der Waals surface area contributed by atoms with Gasteiger partial charge in [-0.1, -0.05) is 35.9 Å². The Bertz CT molecular complexity index is 848. The number of piperazine rings is 1. The van der Waals surface area contributed by atoms with E-state index in [1.54, 1.807) is 40.1 Å². The van der Waals surface area contributed by atoms with E-state index in [0.717, 1.165) is 12.0 Å². The zero-order valence-electron chi connectivity index (χ0n) is 14.7. The Morgan fingerprint density at radius 3 is 2.41 bits per heavy atom. The monoisotopic (exact) mass is 385 g/mol. The third kappa shape index (κ3) is 4.65. The van der Waals surface area contributed by atoms with Crippen LogP contribution in [0.3, 0.4) is 0 Å². The number of carbonyl (C=O) groups is 3. The van der Waals surface area contributed by atoms with Crippen molar-refractivity contribution in [3.8, 4) is 0 Å². The van der Waals surface area contributed by atoms with Gasteiger partial charge < -0.3 is 15.1 Å². The van der Waals surface area contributed by atoms with Crippen LogP contribution >= 0.6 is 11.6 Å².